The highest BCUT2D eigenvalue weighted by atomic mass is 32.2. The molecule has 1 heterocycles. The number of carbonyl (C=O) groups excluding carboxylic acids is 1. The maximum Gasteiger partial charge on any atom is 0.261 e. The van der Waals surface area contributed by atoms with Crippen LogP contribution in [0.4, 0.5) is 0 Å². The molecule has 1 aromatic carbocycles. The van der Waals surface area contributed by atoms with Crippen molar-refractivity contribution in [3.8, 4) is 0 Å². The van der Waals surface area contributed by atoms with Gasteiger partial charge >= 0.3 is 0 Å². The minimum absolute atomic E-state index is 0.0442. The van der Waals surface area contributed by atoms with Crippen LogP contribution in [0.2, 0.25) is 0 Å². The van der Waals surface area contributed by atoms with Crippen LogP contribution in [0.15, 0.2) is 29.2 Å². The van der Waals surface area contributed by atoms with Crippen molar-refractivity contribution in [3.05, 3.63) is 29.8 Å². The topological polar surface area (TPSA) is 107 Å². The number of aryl methyl sites for hydroxylation is 1. The highest BCUT2D eigenvalue weighted by molar-refractivity contribution is 7.89. The Bertz CT molecular complexity index is 599. The Morgan fingerprint density at radius 3 is 2.50 bits per heavy atom. The number of hydrogen-bond donors (Lipinski definition) is 3. The van der Waals surface area contributed by atoms with Gasteiger partial charge in [0.2, 0.25) is 10.0 Å². The van der Waals surface area contributed by atoms with Gasteiger partial charge in [-0.2, -0.15) is 4.31 Å². The summed E-state index contributed by atoms with van der Waals surface area (Å²) >= 11 is 0. The van der Waals surface area contributed by atoms with Crippen molar-refractivity contribution in [2.75, 3.05) is 6.54 Å². The van der Waals surface area contributed by atoms with Crippen LogP contribution in [-0.4, -0.2) is 47.6 Å². The monoisotopic (exact) mass is 300 g/mol. The summed E-state index contributed by atoms with van der Waals surface area (Å²) in [5.74, 6) is -0.850. The van der Waals surface area contributed by atoms with Gasteiger partial charge in [0, 0.05) is 13.0 Å². The summed E-state index contributed by atoms with van der Waals surface area (Å²) in [4.78, 5) is 11.6. The molecule has 3 N–H and O–H groups in total. The van der Waals surface area contributed by atoms with Crippen LogP contribution in [0.3, 0.4) is 0 Å². The number of aliphatic hydroxyl groups excluding tert-OH is 1. The van der Waals surface area contributed by atoms with Gasteiger partial charge in [-0.1, -0.05) is 17.7 Å². The average molecular weight is 300 g/mol. The predicted molar refractivity (Wildman–Crippen MR) is 69.4 cm³/mol. The summed E-state index contributed by atoms with van der Waals surface area (Å²) in [5, 5.41) is 18.3. The molecule has 110 valence electrons. The van der Waals surface area contributed by atoms with E-state index in [0.717, 1.165) is 9.87 Å². The van der Waals surface area contributed by atoms with E-state index < -0.39 is 28.1 Å². The fourth-order valence-corrected chi connectivity index (χ4v) is 3.84. The third-order valence-corrected chi connectivity index (χ3v) is 5.16. The van der Waals surface area contributed by atoms with E-state index in [2.05, 4.69) is 0 Å². The SMILES string of the molecule is Cc1ccc(S(=O)(=O)N2C[C@H](O)C[C@H]2C(=O)NO)cc1. The second kappa shape index (κ2) is 5.49. The van der Waals surface area contributed by atoms with Gasteiger partial charge in [0.1, 0.15) is 6.04 Å². The fraction of sp³-hybridized carbons (Fsp3) is 0.417. The zero-order valence-corrected chi connectivity index (χ0v) is 11.7. The molecule has 1 aliphatic rings. The molecule has 1 fully saturated rings. The molecule has 8 heteroatoms. The third kappa shape index (κ3) is 2.68. The maximum atomic E-state index is 12.5. The summed E-state index contributed by atoms with van der Waals surface area (Å²) in [6.07, 6.45) is -0.977. The number of nitrogens with one attached hydrogen (secondary N) is 1. The van der Waals surface area contributed by atoms with E-state index in [9.17, 15) is 18.3 Å². The van der Waals surface area contributed by atoms with E-state index in [1.807, 2.05) is 6.92 Å². The van der Waals surface area contributed by atoms with Crippen LogP contribution >= 0.6 is 0 Å². The van der Waals surface area contributed by atoms with Gasteiger partial charge in [0.05, 0.1) is 11.0 Å². The smallest absolute Gasteiger partial charge is 0.261 e. The first kappa shape index (κ1) is 14.9. The van der Waals surface area contributed by atoms with Crippen molar-refractivity contribution in [2.45, 2.75) is 30.4 Å². The zero-order chi connectivity index (χ0) is 14.9. The molecule has 7 nitrogen and oxygen atoms in total. The lowest BCUT2D eigenvalue weighted by Gasteiger charge is -2.22. The third-order valence-electron chi connectivity index (χ3n) is 3.27. The van der Waals surface area contributed by atoms with Crippen LogP contribution in [0, 0.1) is 6.92 Å². The lowest BCUT2D eigenvalue weighted by Crippen LogP contribution is -2.45. The van der Waals surface area contributed by atoms with E-state index >= 15 is 0 Å². The zero-order valence-electron chi connectivity index (χ0n) is 10.9. The van der Waals surface area contributed by atoms with E-state index in [4.69, 9.17) is 5.21 Å². The molecule has 0 aromatic heterocycles. The lowest BCUT2D eigenvalue weighted by molar-refractivity contribution is -0.132. The second-order valence-corrected chi connectivity index (χ2v) is 6.66. The number of hydrogen-bond acceptors (Lipinski definition) is 5. The van der Waals surface area contributed by atoms with E-state index in [1.54, 1.807) is 12.1 Å². The molecule has 2 rings (SSSR count). The van der Waals surface area contributed by atoms with Gasteiger partial charge < -0.3 is 5.11 Å². The summed E-state index contributed by atoms with van der Waals surface area (Å²) in [6.45, 7) is 1.66. The fourth-order valence-electron chi connectivity index (χ4n) is 2.21. The lowest BCUT2D eigenvalue weighted by atomic mass is 10.2. The van der Waals surface area contributed by atoms with Crippen molar-refractivity contribution < 1.29 is 23.5 Å². The molecule has 1 amide bonds. The van der Waals surface area contributed by atoms with Crippen molar-refractivity contribution >= 4 is 15.9 Å². The standard InChI is InChI=1S/C12H16N2O5S/c1-8-2-4-10(5-3-8)20(18,19)14-7-9(15)6-11(14)12(16)13-17/h2-5,9,11,15,17H,6-7H2,1H3,(H,13,16)/t9-,11+/m1/s1. The molecule has 0 aliphatic carbocycles. The minimum atomic E-state index is -3.89. The number of nitrogens with zero attached hydrogens (tertiary/aromatic N) is 1. The van der Waals surface area contributed by atoms with Gasteiger partial charge in [0.25, 0.3) is 5.91 Å². The molecule has 0 unspecified atom stereocenters. The number of benzene rings is 1. The van der Waals surface area contributed by atoms with Gasteiger partial charge in [-0.25, -0.2) is 13.9 Å². The Kier molecular flexibility index (Phi) is 4.09. The molecule has 2 atom stereocenters. The van der Waals surface area contributed by atoms with E-state index in [0.29, 0.717) is 0 Å². The molecular weight excluding hydrogens is 284 g/mol. The summed E-state index contributed by atoms with van der Waals surface area (Å²) in [7, 11) is -3.89. The number of hydroxylamine groups is 1. The molecule has 0 radical (unpaired) electrons. The summed E-state index contributed by atoms with van der Waals surface area (Å²) < 4.78 is 25.9. The van der Waals surface area contributed by atoms with Crippen molar-refractivity contribution in [1.29, 1.82) is 0 Å². The Hall–Kier alpha value is -1.48. The molecular formula is C12H16N2O5S. The Labute approximate surface area is 116 Å². The molecule has 0 saturated carbocycles. The van der Waals surface area contributed by atoms with Gasteiger partial charge in [-0.15, -0.1) is 0 Å². The van der Waals surface area contributed by atoms with Crippen LogP contribution < -0.4 is 5.48 Å². The number of rotatable bonds is 3. The first-order valence-corrected chi connectivity index (χ1v) is 7.51. The highest BCUT2D eigenvalue weighted by Gasteiger charge is 2.43. The van der Waals surface area contributed by atoms with Crippen molar-refractivity contribution in [1.82, 2.24) is 9.79 Å². The largest absolute Gasteiger partial charge is 0.392 e. The van der Waals surface area contributed by atoms with Crippen LogP contribution in [0.25, 0.3) is 0 Å². The van der Waals surface area contributed by atoms with Crippen LogP contribution in [0.1, 0.15) is 12.0 Å². The summed E-state index contributed by atoms with van der Waals surface area (Å²) in [5.41, 5.74) is 2.35. The quantitative estimate of drug-likeness (QED) is 0.521. The van der Waals surface area contributed by atoms with Crippen LogP contribution in [-0.2, 0) is 14.8 Å². The Morgan fingerprint density at radius 1 is 1.35 bits per heavy atom. The number of β-amino-alcohol motifs (C(OH)–C–C–N with tert-alkyl or cyclic N) is 1. The Balaban J connectivity index is 2.37. The number of amides is 1. The molecule has 1 saturated heterocycles. The molecule has 1 aliphatic heterocycles. The van der Waals surface area contributed by atoms with Gasteiger partial charge in [-0.3, -0.25) is 10.0 Å². The van der Waals surface area contributed by atoms with Gasteiger partial charge in [0.15, 0.2) is 0 Å². The molecule has 0 spiro atoms. The maximum absolute atomic E-state index is 12.5. The number of carbonyl (C=O) groups is 1. The molecule has 1 aromatic rings. The average Bonchev–Trinajstić information content (AvgIpc) is 2.81. The predicted octanol–water partition coefficient (Wildman–Crippen LogP) is -0.376. The molecule has 20 heavy (non-hydrogen) atoms. The van der Waals surface area contributed by atoms with Crippen molar-refractivity contribution in [3.63, 3.8) is 0 Å². The minimum Gasteiger partial charge on any atom is -0.392 e. The Morgan fingerprint density at radius 2 is 1.95 bits per heavy atom. The number of sulfonamides is 1. The first-order chi connectivity index (χ1) is 9.36. The van der Waals surface area contributed by atoms with Crippen LogP contribution in [0.5, 0.6) is 0 Å². The van der Waals surface area contributed by atoms with E-state index in [1.165, 1.54) is 17.6 Å². The number of aliphatic hydroxyl groups is 1. The summed E-state index contributed by atoms with van der Waals surface area (Å²) in [6, 6.07) is 5.09. The first-order valence-electron chi connectivity index (χ1n) is 6.07. The van der Waals surface area contributed by atoms with Gasteiger partial charge in [-0.05, 0) is 19.1 Å². The highest BCUT2D eigenvalue weighted by Crippen LogP contribution is 2.26. The van der Waals surface area contributed by atoms with Crippen molar-refractivity contribution in [2.24, 2.45) is 0 Å². The van der Waals surface area contributed by atoms with E-state index in [-0.39, 0.29) is 17.9 Å². The second-order valence-electron chi connectivity index (χ2n) is 4.77. The normalized spacial score (nSPS) is 23.8. The molecule has 0 bridgehead atoms.